The molecule has 2 aromatic heterocycles. The number of piperidine rings is 1. The first-order valence-electron chi connectivity index (χ1n) is 24.3. The van der Waals surface area contributed by atoms with Crippen LogP contribution in [0.15, 0.2) is 131 Å². The number of anilines is 2. The van der Waals surface area contributed by atoms with E-state index in [1.54, 1.807) is 77.9 Å². The van der Waals surface area contributed by atoms with Crippen molar-refractivity contribution in [3.8, 4) is 0 Å². The Balaban J connectivity index is 1.12. The molecule has 396 valence electrons. The summed E-state index contributed by atoms with van der Waals surface area (Å²) in [5.74, 6) is -4.08. The number of carbonyl (C=O) groups excluding carboxylic acids is 4. The summed E-state index contributed by atoms with van der Waals surface area (Å²) >= 11 is 0. The van der Waals surface area contributed by atoms with E-state index >= 15 is 0 Å². The number of pyridine rings is 2. The number of halogens is 2. The third-order valence-electron chi connectivity index (χ3n) is 12.1. The molecule has 75 heavy (non-hydrogen) atoms. The van der Waals surface area contributed by atoms with Gasteiger partial charge in [-0.2, -0.15) is 8.78 Å². The molecule has 1 aliphatic heterocycles. The van der Waals surface area contributed by atoms with Crippen LogP contribution in [0.3, 0.4) is 0 Å². The number of hydrogen-bond donors (Lipinski definition) is 6. The molecule has 1 saturated heterocycles. The summed E-state index contributed by atoms with van der Waals surface area (Å²) in [6.07, 6.45) is 3.61. The van der Waals surface area contributed by atoms with E-state index in [4.69, 9.17) is 0 Å². The molecule has 0 unspecified atom stereocenters. The molecule has 0 radical (unpaired) electrons. The van der Waals surface area contributed by atoms with E-state index in [1.165, 1.54) is 42.5 Å². The number of benzene rings is 4. The number of nitrogens with zero attached hydrogens (tertiary/aromatic N) is 3. The number of carbonyl (C=O) groups is 4. The number of hydrogen-bond acceptors (Lipinski definition) is 11. The molecule has 21 heteroatoms. The number of amides is 4. The molecule has 6 N–H and O–H groups in total. The monoisotopic (exact) mass is 1070 g/mol. The number of aromatic nitrogens is 2. The Morgan fingerprint density at radius 2 is 1.19 bits per heavy atom. The van der Waals surface area contributed by atoms with Gasteiger partial charge >= 0.3 is 0 Å². The van der Waals surface area contributed by atoms with Crippen LogP contribution in [0.5, 0.6) is 0 Å². The van der Waals surface area contributed by atoms with Gasteiger partial charge in [-0.1, -0.05) is 42.5 Å². The molecule has 0 saturated carbocycles. The van der Waals surface area contributed by atoms with Crippen LogP contribution < -0.4 is 30.7 Å². The minimum Gasteiger partial charge on any atom is -0.340 e. The van der Waals surface area contributed by atoms with Crippen LogP contribution in [0.4, 0.5) is 20.2 Å². The minimum absolute atomic E-state index is 0.000826. The SMILES string of the molecule is CC(C)(C)NS(=O)(=O)c1ccc(NC(=O)[C@H](CC2CCN(Cc3cc(NC(=O)[C@H](Cc4ccccc4)NC(=O)c4ccc(F)nc4)c4cccc(S(=O)(=O)NC(C)(C)C)c4c3)CC2)NC(=O)c2ccc(F)nc2)cc1. The molecule has 1 aliphatic rings. The highest BCUT2D eigenvalue weighted by molar-refractivity contribution is 7.90. The molecule has 4 amide bonds. The summed E-state index contributed by atoms with van der Waals surface area (Å²) < 4.78 is 86.6. The van der Waals surface area contributed by atoms with E-state index < -0.39 is 78.7 Å². The Morgan fingerprint density at radius 3 is 1.75 bits per heavy atom. The van der Waals surface area contributed by atoms with Gasteiger partial charge in [-0.3, -0.25) is 24.1 Å². The molecular formula is C54H61F2N9O8S2. The Labute approximate surface area is 435 Å². The molecule has 4 aromatic carbocycles. The fourth-order valence-electron chi connectivity index (χ4n) is 8.70. The van der Waals surface area contributed by atoms with Gasteiger partial charge in [0.15, 0.2) is 0 Å². The van der Waals surface area contributed by atoms with Crippen LogP contribution in [0.1, 0.15) is 92.6 Å². The van der Waals surface area contributed by atoms with Gasteiger partial charge in [-0.05, 0) is 158 Å². The first-order chi connectivity index (χ1) is 35.3. The van der Waals surface area contributed by atoms with Crippen LogP contribution >= 0.6 is 0 Å². The topological polar surface area (TPSA) is 238 Å². The van der Waals surface area contributed by atoms with Crippen molar-refractivity contribution in [2.75, 3.05) is 23.7 Å². The van der Waals surface area contributed by atoms with Crippen molar-refractivity contribution in [2.45, 2.75) is 107 Å². The maximum absolute atomic E-state index is 14.4. The van der Waals surface area contributed by atoms with Crippen molar-refractivity contribution in [1.29, 1.82) is 0 Å². The third-order valence-corrected chi connectivity index (χ3v) is 15.7. The van der Waals surface area contributed by atoms with Crippen LogP contribution in [0, 0.1) is 17.8 Å². The molecular weight excluding hydrogens is 1000 g/mol. The van der Waals surface area contributed by atoms with Crippen LogP contribution in [-0.2, 0) is 42.6 Å². The molecule has 0 spiro atoms. The van der Waals surface area contributed by atoms with Crippen LogP contribution in [0.25, 0.3) is 10.8 Å². The lowest BCUT2D eigenvalue weighted by atomic mass is 9.89. The summed E-state index contributed by atoms with van der Waals surface area (Å²) in [4.78, 5) is 64.6. The van der Waals surface area contributed by atoms with Gasteiger partial charge in [-0.15, -0.1) is 0 Å². The molecule has 1 fully saturated rings. The molecule has 0 aliphatic carbocycles. The Hall–Kier alpha value is -7.04. The summed E-state index contributed by atoms with van der Waals surface area (Å²) in [6, 6.07) is 25.4. The zero-order valence-electron chi connectivity index (χ0n) is 42.4. The number of nitrogens with one attached hydrogen (secondary N) is 6. The highest BCUT2D eigenvalue weighted by Gasteiger charge is 2.31. The average Bonchev–Trinajstić information content (AvgIpc) is 3.33. The Bertz CT molecular complexity index is 3260. The van der Waals surface area contributed by atoms with E-state index in [2.05, 4.69) is 45.6 Å². The van der Waals surface area contributed by atoms with Crippen molar-refractivity contribution < 1.29 is 44.8 Å². The first-order valence-corrected chi connectivity index (χ1v) is 27.2. The van der Waals surface area contributed by atoms with Crippen molar-refractivity contribution in [3.63, 3.8) is 0 Å². The zero-order chi connectivity index (χ0) is 54.3. The Kier molecular flexibility index (Phi) is 17.3. The lowest BCUT2D eigenvalue weighted by Gasteiger charge is -2.34. The van der Waals surface area contributed by atoms with Gasteiger partial charge in [0.05, 0.1) is 20.9 Å². The lowest BCUT2D eigenvalue weighted by molar-refractivity contribution is -0.119. The summed E-state index contributed by atoms with van der Waals surface area (Å²) in [5, 5.41) is 12.1. The second kappa shape index (κ2) is 23.2. The maximum atomic E-state index is 14.4. The predicted octanol–water partition coefficient (Wildman–Crippen LogP) is 7.08. The van der Waals surface area contributed by atoms with E-state index in [-0.39, 0.29) is 39.7 Å². The average molecular weight is 1070 g/mol. The number of sulfonamides is 2. The molecule has 6 aromatic rings. The largest absolute Gasteiger partial charge is 0.340 e. The van der Waals surface area contributed by atoms with E-state index in [9.17, 15) is 44.8 Å². The van der Waals surface area contributed by atoms with Gasteiger partial charge in [0.25, 0.3) is 11.8 Å². The molecule has 7 rings (SSSR count). The van der Waals surface area contributed by atoms with Crippen LogP contribution in [-0.4, -0.2) is 91.6 Å². The Morgan fingerprint density at radius 1 is 0.627 bits per heavy atom. The van der Waals surface area contributed by atoms with Crippen molar-refractivity contribution in [2.24, 2.45) is 5.92 Å². The highest BCUT2D eigenvalue weighted by Crippen LogP contribution is 2.33. The van der Waals surface area contributed by atoms with Crippen molar-refractivity contribution in [3.05, 3.63) is 156 Å². The fraction of sp³-hybridized carbons (Fsp3) is 0.333. The number of rotatable bonds is 18. The van der Waals surface area contributed by atoms with Gasteiger partial charge in [0.1, 0.15) is 12.1 Å². The van der Waals surface area contributed by atoms with Crippen LogP contribution in [0.2, 0.25) is 0 Å². The fourth-order valence-corrected chi connectivity index (χ4v) is 11.8. The second-order valence-corrected chi connectivity index (χ2v) is 24.0. The van der Waals surface area contributed by atoms with E-state index in [0.717, 1.165) is 30.1 Å². The van der Waals surface area contributed by atoms with E-state index in [0.29, 0.717) is 60.2 Å². The molecule has 17 nitrogen and oxygen atoms in total. The number of fused-ring (bicyclic) bond motifs is 1. The summed E-state index contributed by atoms with van der Waals surface area (Å²) in [5.41, 5.74) is 0.526. The second-order valence-electron chi connectivity index (χ2n) is 20.6. The van der Waals surface area contributed by atoms with Crippen molar-refractivity contribution in [1.82, 2.24) is 34.9 Å². The first kappa shape index (κ1) is 55.7. The molecule has 3 heterocycles. The summed E-state index contributed by atoms with van der Waals surface area (Å²) in [7, 11) is -7.96. The summed E-state index contributed by atoms with van der Waals surface area (Å²) in [6.45, 7) is 11.7. The van der Waals surface area contributed by atoms with Gasteiger partial charge in [-0.25, -0.2) is 36.2 Å². The highest BCUT2D eigenvalue weighted by atomic mass is 32.2. The lowest BCUT2D eigenvalue weighted by Crippen LogP contribution is -2.46. The zero-order valence-corrected chi connectivity index (χ0v) is 44.0. The molecule has 0 bridgehead atoms. The van der Waals surface area contributed by atoms with Crippen molar-refractivity contribution >= 4 is 65.8 Å². The van der Waals surface area contributed by atoms with Gasteiger partial charge in [0, 0.05) is 58.6 Å². The van der Waals surface area contributed by atoms with Gasteiger partial charge in [0.2, 0.25) is 43.8 Å². The minimum atomic E-state index is -4.11. The standard InChI is InChI=1S/C54H61F2N9O8S2/c1-53(2,3)63-74(70,71)40-19-17-39(18-20-40)59-51(68)44(61-49(66)37-15-21-47(55)57-31-37)29-35-23-25-65(26-24-35)33-36-27-42-41(13-10-14-46(42)75(72,73)64-54(4,5)6)43(30-36)60-52(69)45(28-34-11-8-7-9-12-34)62-50(67)38-16-22-48(56)58-32-38/h7-22,27,30-32,35,44-45,63-64H,23-26,28-29,33H2,1-6H3,(H,59,68)(H,60,69)(H,61,66)(H,62,67)/t44-,45-/m0/s1. The third kappa shape index (κ3) is 15.5. The van der Waals surface area contributed by atoms with Gasteiger partial charge < -0.3 is 21.3 Å². The number of likely N-dealkylation sites (tertiary alicyclic amines) is 1. The normalized spacial score (nSPS) is 14.7. The maximum Gasteiger partial charge on any atom is 0.253 e. The molecule has 2 atom stereocenters. The predicted molar refractivity (Wildman–Crippen MR) is 281 cm³/mol. The quantitative estimate of drug-likeness (QED) is 0.0476. The van der Waals surface area contributed by atoms with E-state index in [1.807, 2.05) is 18.2 Å². The smallest absolute Gasteiger partial charge is 0.253 e.